The molecule has 4 amide bonds. The number of carbonyl (C=O) groups excluding carboxylic acids is 6. The average molecular weight is 539 g/mol. The van der Waals surface area contributed by atoms with Gasteiger partial charge in [0.15, 0.2) is 0 Å². The molecule has 0 unspecified atom stereocenters. The molecule has 10 heteroatoms. The summed E-state index contributed by atoms with van der Waals surface area (Å²) in [5, 5.41) is 24.7. The lowest BCUT2D eigenvalue weighted by atomic mass is 9.82. The third-order valence-electron chi connectivity index (χ3n) is 7.45. The first-order chi connectivity index (χ1) is 19.5. The Bertz CT molecular complexity index is 1640. The van der Waals surface area contributed by atoms with Crippen LogP contribution in [0.1, 0.15) is 41.4 Å². The van der Waals surface area contributed by atoms with Crippen molar-refractivity contribution in [2.75, 3.05) is 26.3 Å². The van der Waals surface area contributed by atoms with E-state index in [1.165, 1.54) is 0 Å². The first-order valence-corrected chi connectivity index (χ1v) is 12.2. The van der Waals surface area contributed by atoms with E-state index < -0.39 is 23.6 Å². The van der Waals surface area contributed by atoms with E-state index in [1.807, 2.05) is 37.8 Å². The summed E-state index contributed by atoms with van der Waals surface area (Å²) in [6.45, 7) is 3.20. The van der Waals surface area contributed by atoms with Gasteiger partial charge in [0.1, 0.15) is 13.6 Å². The molecule has 0 spiro atoms. The number of hydrogen-bond acceptors (Lipinski definition) is 8. The number of benzene rings is 5. The van der Waals surface area contributed by atoms with Gasteiger partial charge < -0.3 is 19.8 Å². The highest BCUT2D eigenvalue weighted by molar-refractivity contribution is 6.41. The minimum Gasteiger partial charge on any atom is -0.395 e. The SMILES string of the molecule is C=O.C=O.O=C1c2ccc3c4ccc5c6c(ccc(c7ccc(c2c37)C(=O)N1CCO)c64)C(=O)N(CCO)C5=O. The second kappa shape index (κ2) is 9.92. The lowest BCUT2D eigenvalue weighted by molar-refractivity contribution is -0.0987. The van der Waals surface area contributed by atoms with Crippen LogP contribution in [-0.2, 0) is 9.59 Å². The van der Waals surface area contributed by atoms with Gasteiger partial charge in [-0.2, -0.15) is 0 Å². The van der Waals surface area contributed by atoms with Crippen LogP contribution in [0.2, 0.25) is 0 Å². The summed E-state index contributed by atoms with van der Waals surface area (Å²) in [5.74, 6) is -1.77. The molecule has 0 radical (unpaired) electrons. The van der Waals surface area contributed by atoms with E-state index in [1.54, 1.807) is 24.3 Å². The minimum absolute atomic E-state index is 0.0782. The van der Waals surface area contributed by atoms with Crippen LogP contribution >= 0.6 is 0 Å². The predicted molar refractivity (Wildman–Crippen MR) is 147 cm³/mol. The zero-order valence-corrected chi connectivity index (χ0v) is 21.1. The lowest BCUT2D eigenvalue weighted by Crippen LogP contribution is -2.42. The van der Waals surface area contributed by atoms with E-state index in [9.17, 15) is 29.4 Å². The van der Waals surface area contributed by atoms with Crippen molar-refractivity contribution in [2.45, 2.75) is 0 Å². The smallest absolute Gasteiger partial charge is 0.261 e. The molecule has 200 valence electrons. The van der Waals surface area contributed by atoms with Crippen molar-refractivity contribution in [1.29, 1.82) is 0 Å². The van der Waals surface area contributed by atoms with Crippen molar-refractivity contribution in [2.24, 2.45) is 0 Å². The highest BCUT2D eigenvalue weighted by Crippen LogP contribution is 2.46. The third-order valence-corrected chi connectivity index (χ3v) is 7.45. The number of rotatable bonds is 4. The van der Waals surface area contributed by atoms with Gasteiger partial charge in [-0.25, -0.2) is 0 Å². The Morgan fingerprint density at radius 2 is 0.700 bits per heavy atom. The molecule has 0 fully saturated rings. The van der Waals surface area contributed by atoms with Crippen molar-refractivity contribution < 1.29 is 39.0 Å². The van der Waals surface area contributed by atoms with Gasteiger partial charge in [-0.15, -0.1) is 0 Å². The maximum atomic E-state index is 13.2. The number of amides is 4. The Kier molecular flexibility index (Phi) is 6.58. The fraction of sp³-hybridized carbons (Fsp3) is 0.133. The van der Waals surface area contributed by atoms with Gasteiger partial charge in [0, 0.05) is 33.0 Å². The Hall–Kier alpha value is -5.06. The second-order valence-electron chi connectivity index (χ2n) is 9.11. The topological polar surface area (TPSA) is 149 Å². The van der Waals surface area contributed by atoms with Crippen LogP contribution in [-0.4, -0.2) is 83.5 Å². The number of nitrogens with zero attached hydrogens (tertiary/aromatic N) is 2. The number of aliphatic hydroxyl groups is 2. The van der Waals surface area contributed by atoms with E-state index in [0.29, 0.717) is 33.0 Å². The molecular formula is C30H22N2O8. The number of β-amino-alcohol motifs (C(OH)–C–C–N with tert-alkyl or cyclic N) is 2. The summed E-state index contributed by atoms with van der Waals surface area (Å²) >= 11 is 0. The quantitative estimate of drug-likeness (QED) is 0.201. The maximum Gasteiger partial charge on any atom is 0.261 e. The van der Waals surface area contributed by atoms with Gasteiger partial charge in [-0.3, -0.25) is 29.0 Å². The third kappa shape index (κ3) is 3.30. The summed E-state index contributed by atoms with van der Waals surface area (Å²) in [6.07, 6.45) is 0. The Balaban J connectivity index is 0.000000774. The molecule has 7 rings (SSSR count). The molecule has 2 N–H and O–H groups in total. The minimum atomic E-state index is -0.443. The first-order valence-electron chi connectivity index (χ1n) is 12.2. The largest absolute Gasteiger partial charge is 0.395 e. The molecule has 2 heterocycles. The normalized spacial score (nSPS) is 14.2. The number of imide groups is 2. The van der Waals surface area contributed by atoms with E-state index >= 15 is 0 Å². The van der Waals surface area contributed by atoms with Gasteiger partial charge >= 0.3 is 0 Å². The van der Waals surface area contributed by atoms with Crippen LogP contribution in [0.15, 0.2) is 48.5 Å². The fourth-order valence-electron chi connectivity index (χ4n) is 5.97. The van der Waals surface area contributed by atoms with Crippen molar-refractivity contribution in [3.63, 3.8) is 0 Å². The second-order valence-corrected chi connectivity index (χ2v) is 9.11. The van der Waals surface area contributed by atoms with Gasteiger partial charge in [-0.1, -0.05) is 24.3 Å². The number of hydrogen-bond donors (Lipinski definition) is 2. The number of fused-ring (bicyclic) bond motifs is 2. The van der Waals surface area contributed by atoms with Crippen molar-refractivity contribution in [3.05, 3.63) is 70.8 Å². The lowest BCUT2D eigenvalue weighted by Gasteiger charge is -2.29. The molecule has 0 saturated heterocycles. The Morgan fingerprint density at radius 3 is 0.925 bits per heavy atom. The predicted octanol–water partition coefficient (Wildman–Crippen LogP) is 2.54. The summed E-state index contributed by atoms with van der Waals surface area (Å²) < 4.78 is 0. The molecule has 40 heavy (non-hydrogen) atoms. The van der Waals surface area contributed by atoms with Crippen molar-refractivity contribution in [1.82, 2.24) is 9.80 Å². The van der Waals surface area contributed by atoms with Gasteiger partial charge in [0.25, 0.3) is 23.6 Å². The highest BCUT2D eigenvalue weighted by Gasteiger charge is 2.36. The summed E-state index contributed by atoms with van der Waals surface area (Å²) in [7, 11) is 0. The Morgan fingerprint density at radius 1 is 0.450 bits per heavy atom. The van der Waals surface area contributed by atoms with Crippen LogP contribution in [0, 0.1) is 0 Å². The zero-order chi connectivity index (χ0) is 28.9. The monoisotopic (exact) mass is 538 g/mol. The number of carbonyl (C=O) groups is 6. The van der Waals surface area contributed by atoms with Crippen LogP contribution < -0.4 is 0 Å². The Labute approximate surface area is 226 Å². The van der Waals surface area contributed by atoms with E-state index in [4.69, 9.17) is 9.59 Å². The van der Waals surface area contributed by atoms with Crippen LogP contribution in [0.4, 0.5) is 0 Å². The standard InChI is InChI=1S/C28H18N2O6.2CH2O/c31-11-9-29-25(33)17-5-1-13-14-2-6-19-24-20(28(36)30(10-12-32)27(19)35)8-4-16(22(14)24)15-3-7-18(26(29)34)23(17)21(13)15;2*1-2/h1-8,31-32H,9-12H2;2*1H2. The molecule has 0 atom stereocenters. The molecule has 2 aliphatic heterocycles. The van der Waals surface area contributed by atoms with Crippen LogP contribution in [0.3, 0.4) is 0 Å². The molecule has 0 bridgehead atoms. The molecule has 5 aromatic rings. The molecule has 5 aromatic carbocycles. The van der Waals surface area contributed by atoms with E-state index in [2.05, 4.69) is 0 Å². The average Bonchev–Trinajstić information content (AvgIpc) is 3.00. The molecule has 2 aliphatic rings. The van der Waals surface area contributed by atoms with Gasteiger partial charge in [0.2, 0.25) is 0 Å². The first kappa shape index (κ1) is 26.5. The van der Waals surface area contributed by atoms with Crippen LogP contribution in [0.5, 0.6) is 0 Å². The van der Waals surface area contributed by atoms with E-state index in [-0.39, 0.29) is 26.3 Å². The fourth-order valence-corrected chi connectivity index (χ4v) is 5.97. The van der Waals surface area contributed by atoms with Crippen LogP contribution in [0.25, 0.3) is 43.1 Å². The number of aliphatic hydroxyl groups excluding tert-OH is 2. The zero-order valence-electron chi connectivity index (χ0n) is 21.1. The van der Waals surface area contributed by atoms with E-state index in [0.717, 1.165) is 42.1 Å². The van der Waals surface area contributed by atoms with Gasteiger partial charge in [0.05, 0.1) is 26.3 Å². The summed E-state index contributed by atoms with van der Waals surface area (Å²) in [4.78, 5) is 70.8. The molecule has 0 aliphatic carbocycles. The van der Waals surface area contributed by atoms with Gasteiger partial charge in [-0.05, 0) is 56.6 Å². The van der Waals surface area contributed by atoms with Crippen molar-refractivity contribution in [3.8, 4) is 0 Å². The molecule has 0 aromatic heterocycles. The summed E-state index contributed by atoms with van der Waals surface area (Å²) in [5.41, 5.74) is 1.60. The van der Waals surface area contributed by atoms with Crippen molar-refractivity contribution >= 4 is 80.3 Å². The molecule has 10 nitrogen and oxygen atoms in total. The maximum absolute atomic E-state index is 13.2. The summed E-state index contributed by atoms with van der Waals surface area (Å²) in [6, 6.07) is 14.2. The molecular weight excluding hydrogens is 516 g/mol. The highest BCUT2D eigenvalue weighted by atomic mass is 16.3. The molecule has 0 saturated carbocycles.